The van der Waals surface area contributed by atoms with Crippen LogP contribution < -0.4 is 10.5 Å². The van der Waals surface area contributed by atoms with E-state index in [-0.39, 0.29) is 17.6 Å². The van der Waals surface area contributed by atoms with Crippen LogP contribution in [0, 0.1) is 5.41 Å². The van der Waals surface area contributed by atoms with Crippen LogP contribution in [0.5, 0.6) is 5.75 Å². The summed E-state index contributed by atoms with van der Waals surface area (Å²) in [6, 6.07) is 4.09. The van der Waals surface area contributed by atoms with Crippen LogP contribution in [0.2, 0.25) is 0 Å². The van der Waals surface area contributed by atoms with Crippen molar-refractivity contribution in [2.75, 3.05) is 0 Å². The molecule has 3 heteroatoms. The Labute approximate surface area is 90.7 Å². The van der Waals surface area contributed by atoms with Gasteiger partial charge in [-0.3, -0.25) is 4.98 Å². The minimum atomic E-state index is 0.121. The zero-order valence-electron chi connectivity index (χ0n) is 9.31. The first kappa shape index (κ1) is 10.4. The minimum absolute atomic E-state index is 0.121. The molecule has 1 aromatic rings. The number of rotatable bonds is 3. The lowest BCUT2D eigenvalue weighted by Crippen LogP contribution is -2.61. The molecule has 1 saturated carbocycles. The van der Waals surface area contributed by atoms with Gasteiger partial charge in [0.1, 0.15) is 11.9 Å². The first-order valence-electron chi connectivity index (χ1n) is 5.49. The number of hydrogen-bond acceptors (Lipinski definition) is 3. The van der Waals surface area contributed by atoms with E-state index >= 15 is 0 Å². The molecule has 1 heterocycles. The van der Waals surface area contributed by atoms with Gasteiger partial charge in [0.15, 0.2) is 0 Å². The van der Waals surface area contributed by atoms with E-state index in [2.05, 4.69) is 18.8 Å². The van der Waals surface area contributed by atoms with E-state index in [1.165, 1.54) is 0 Å². The Balaban J connectivity index is 2.03. The quantitative estimate of drug-likeness (QED) is 0.822. The molecule has 1 aliphatic carbocycles. The van der Waals surface area contributed by atoms with Gasteiger partial charge < -0.3 is 10.5 Å². The van der Waals surface area contributed by atoms with Crippen molar-refractivity contribution in [3.8, 4) is 5.75 Å². The Hall–Kier alpha value is -1.09. The Bertz CT molecular complexity index is 328. The fourth-order valence-electron chi connectivity index (χ4n) is 2.10. The van der Waals surface area contributed by atoms with Gasteiger partial charge in [-0.15, -0.1) is 0 Å². The highest BCUT2D eigenvalue weighted by Gasteiger charge is 2.50. The van der Waals surface area contributed by atoms with Crippen LogP contribution in [0.4, 0.5) is 0 Å². The molecule has 82 valence electrons. The number of aromatic nitrogens is 1. The fourth-order valence-corrected chi connectivity index (χ4v) is 2.10. The third-order valence-corrected chi connectivity index (χ3v) is 3.73. The highest BCUT2D eigenvalue weighted by Crippen LogP contribution is 2.44. The lowest BCUT2D eigenvalue weighted by Gasteiger charge is -2.51. The highest BCUT2D eigenvalue weighted by molar-refractivity contribution is 5.18. The average molecular weight is 206 g/mol. The molecule has 0 aromatic carbocycles. The molecule has 15 heavy (non-hydrogen) atoms. The monoisotopic (exact) mass is 206 g/mol. The molecule has 2 rings (SSSR count). The average Bonchev–Trinajstić information content (AvgIpc) is 2.29. The summed E-state index contributed by atoms with van der Waals surface area (Å²) in [5.74, 6) is 0.842. The maximum atomic E-state index is 6.02. The first-order valence-corrected chi connectivity index (χ1v) is 5.49. The van der Waals surface area contributed by atoms with E-state index in [0.29, 0.717) is 0 Å². The molecular formula is C12H18N2O. The van der Waals surface area contributed by atoms with Crippen molar-refractivity contribution >= 4 is 0 Å². The zero-order chi connectivity index (χ0) is 10.9. The second-order valence-electron chi connectivity index (χ2n) is 4.50. The number of ether oxygens (including phenoxy) is 1. The summed E-state index contributed by atoms with van der Waals surface area (Å²) in [5.41, 5.74) is 6.14. The van der Waals surface area contributed by atoms with E-state index in [0.717, 1.165) is 18.6 Å². The van der Waals surface area contributed by atoms with E-state index in [1.54, 1.807) is 12.4 Å². The predicted octanol–water partition coefficient (Wildman–Crippen LogP) is 1.98. The van der Waals surface area contributed by atoms with Gasteiger partial charge >= 0.3 is 0 Å². The van der Waals surface area contributed by atoms with E-state index in [4.69, 9.17) is 10.5 Å². The topological polar surface area (TPSA) is 48.1 Å². The maximum absolute atomic E-state index is 6.02. The second kappa shape index (κ2) is 3.81. The Morgan fingerprint density at radius 2 is 2.47 bits per heavy atom. The summed E-state index contributed by atoms with van der Waals surface area (Å²) < 4.78 is 5.88. The first-order chi connectivity index (χ1) is 7.16. The maximum Gasteiger partial charge on any atom is 0.138 e. The minimum Gasteiger partial charge on any atom is -0.488 e. The fraction of sp³-hybridized carbons (Fsp3) is 0.583. The molecule has 0 saturated heterocycles. The van der Waals surface area contributed by atoms with Gasteiger partial charge in [-0.1, -0.05) is 13.8 Å². The smallest absolute Gasteiger partial charge is 0.138 e. The molecular weight excluding hydrogens is 188 g/mol. The number of hydrogen-bond donors (Lipinski definition) is 1. The summed E-state index contributed by atoms with van der Waals surface area (Å²) in [6.07, 6.45) is 5.73. The molecule has 1 aromatic heterocycles. The van der Waals surface area contributed by atoms with Gasteiger partial charge in [0.05, 0.1) is 6.20 Å². The van der Waals surface area contributed by atoms with Gasteiger partial charge in [0.25, 0.3) is 0 Å². The molecule has 0 aliphatic heterocycles. The summed E-state index contributed by atoms with van der Waals surface area (Å²) in [6.45, 7) is 4.36. The normalized spacial score (nSPS) is 34.6. The van der Waals surface area contributed by atoms with E-state index < -0.39 is 0 Å². The molecule has 2 N–H and O–H groups in total. The van der Waals surface area contributed by atoms with Crippen molar-refractivity contribution < 1.29 is 4.74 Å². The van der Waals surface area contributed by atoms with Crippen molar-refractivity contribution in [1.29, 1.82) is 0 Å². The number of pyridine rings is 1. The molecule has 3 unspecified atom stereocenters. The zero-order valence-corrected chi connectivity index (χ0v) is 9.31. The molecule has 0 amide bonds. The lowest BCUT2D eigenvalue weighted by atomic mass is 9.62. The summed E-state index contributed by atoms with van der Waals surface area (Å²) in [5, 5.41) is 0. The van der Waals surface area contributed by atoms with Crippen LogP contribution in [0.1, 0.15) is 26.7 Å². The summed E-state index contributed by atoms with van der Waals surface area (Å²) >= 11 is 0. The molecule has 3 atom stereocenters. The molecule has 1 fully saturated rings. The molecule has 0 radical (unpaired) electrons. The predicted molar refractivity (Wildman–Crippen MR) is 59.6 cm³/mol. The van der Waals surface area contributed by atoms with Gasteiger partial charge in [-0.2, -0.15) is 0 Å². The standard InChI is InChI=1S/C12H18N2O/c1-3-12(2)10(13)7-11(12)15-9-5-4-6-14-8-9/h4-6,8,10-11H,3,7,13H2,1-2H3. The van der Waals surface area contributed by atoms with Gasteiger partial charge in [-0.25, -0.2) is 0 Å². The van der Waals surface area contributed by atoms with Crippen molar-refractivity contribution in [2.45, 2.75) is 38.8 Å². The van der Waals surface area contributed by atoms with Crippen molar-refractivity contribution in [1.82, 2.24) is 4.98 Å². The highest BCUT2D eigenvalue weighted by atomic mass is 16.5. The van der Waals surface area contributed by atoms with Crippen molar-refractivity contribution in [2.24, 2.45) is 11.1 Å². The van der Waals surface area contributed by atoms with E-state index in [1.807, 2.05) is 12.1 Å². The lowest BCUT2D eigenvalue weighted by molar-refractivity contribution is -0.0561. The van der Waals surface area contributed by atoms with Crippen LogP contribution in [0.25, 0.3) is 0 Å². The van der Waals surface area contributed by atoms with Gasteiger partial charge in [0.2, 0.25) is 0 Å². The van der Waals surface area contributed by atoms with Crippen LogP contribution in [0.15, 0.2) is 24.5 Å². The Morgan fingerprint density at radius 1 is 1.67 bits per heavy atom. The van der Waals surface area contributed by atoms with Crippen molar-refractivity contribution in [3.05, 3.63) is 24.5 Å². The van der Waals surface area contributed by atoms with Gasteiger partial charge in [0, 0.05) is 24.1 Å². The molecule has 0 spiro atoms. The van der Waals surface area contributed by atoms with Crippen molar-refractivity contribution in [3.63, 3.8) is 0 Å². The van der Waals surface area contributed by atoms with Crippen LogP contribution in [-0.2, 0) is 0 Å². The molecule has 1 aliphatic rings. The van der Waals surface area contributed by atoms with Gasteiger partial charge in [-0.05, 0) is 18.6 Å². The number of nitrogens with zero attached hydrogens (tertiary/aromatic N) is 1. The van der Waals surface area contributed by atoms with Crippen LogP contribution >= 0.6 is 0 Å². The third kappa shape index (κ3) is 1.72. The summed E-state index contributed by atoms with van der Waals surface area (Å²) in [4.78, 5) is 4.03. The Kier molecular flexibility index (Phi) is 2.65. The molecule has 3 nitrogen and oxygen atoms in total. The van der Waals surface area contributed by atoms with E-state index in [9.17, 15) is 0 Å². The summed E-state index contributed by atoms with van der Waals surface area (Å²) in [7, 11) is 0. The second-order valence-corrected chi connectivity index (χ2v) is 4.50. The Morgan fingerprint density at radius 3 is 3.00 bits per heavy atom. The SMILES string of the molecule is CCC1(C)C(N)CC1Oc1cccnc1. The van der Waals surface area contributed by atoms with Crippen LogP contribution in [-0.4, -0.2) is 17.1 Å². The van der Waals surface area contributed by atoms with Crippen LogP contribution in [0.3, 0.4) is 0 Å². The molecule has 0 bridgehead atoms. The third-order valence-electron chi connectivity index (χ3n) is 3.73. The number of nitrogens with two attached hydrogens (primary N) is 1. The largest absolute Gasteiger partial charge is 0.488 e.